The maximum atomic E-state index is 12.4. The highest BCUT2D eigenvalue weighted by atomic mass is 32.1. The minimum atomic E-state index is -0.650. The van der Waals surface area contributed by atoms with Gasteiger partial charge in [-0.3, -0.25) is 20.4 Å². The molecule has 0 radical (unpaired) electrons. The van der Waals surface area contributed by atoms with Gasteiger partial charge in [-0.25, -0.2) is 0 Å². The predicted octanol–water partition coefficient (Wildman–Crippen LogP) is 2.61. The maximum absolute atomic E-state index is 12.4. The molecule has 0 fully saturated rings. The van der Waals surface area contributed by atoms with Gasteiger partial charge in [-0.15, -0.1) is 11.3 Å². The third-order valence-electron chi connectivity index (χ3n) is 4.88. The van der Waals surface area contributed by atoms with E-state index in [4.69, 9.17) is 0 Å². The quantitative estimate of drug-likeness (QED) is 0.482. The molecule has 2 heterocycles. The first-order valence-corrected chi connectivity index (χ1v) is 9.48. The molecule has 2 N–H and O–H groups in total. The number of hydrogen-bond acceptors (Lipinski definition) is 4. The van der Waals surface area contributed by atoms with Crippen LogP contribution in [0.4, 0.5) is 0 Å². The molecule has 26 heavy (non-hydrogen) atoms. The number of carbonyl (C=O) groups is 2. The lowest BCUT2D eigenvalue weighted by molar-refractivity contribution is -0.607. The van der Waals surface area contributed by atoms with E-state index in [1.54, 1.807) is 6.07 Å². The van der Waals surface area contributed by atoms with Gasteiger partial charge in [0.2, 0.25) is 0 Å². The van der Waals surface area contributed by atoms with Gasteiger partial charge in [0.05, 0.1) is 4.88 Å². The van der Waals surface area contributed by atoms with Gasteiger partial charge in [0, 0.05) is 17.0 Å². The van der Waals surface area contributed by atoms with E-state index in [1.165, 1.54) is 40.1 Å². The van der Waals surface area contributed by atoms with Crippen molar-refractivity contribution < 1.29 is 14.3 Å². The first-order chi connectivity index (χ1) is 12.3. The molecule has 0 unspecified atom stereocenters. The van der Waals surface area contributed by atoms with Gasteiger partial charge in [0.1, 0.15) is 0 Å². The number of amides is 2. The second-order valence-electron chi connectivity index (χ2n) is 7.68. The molecule has 7 heteroatoms. The molecule has 2 amide bonds. The monoisotopic (exact) mass is 373 g/mol. The van der Waals surface area contributed by atoms with E-state index in [-0.39, 0.29) is 17.0 Å². The molecule has 1 atom stereocenters. The molecule has 0 bridgehead atoms. The average Bonchev–Trinajstić information content (AvgIpc) is 3.02. The highest BCUT2D eigenvalue weighted by molar-refractivity contribution is 7.14. The summed E-state index contributed by atoms with van der Waals surface area (Å²) in [5.41, 5.74) is 6.10. The fourth-order valence-corrected chi connectivity index (χ4v) is 4.32. The van der Waals surface area contributed by atoms with Crippen molar-refractivity contribution in [3.63, 3.8) is 0 Å². The molecule has 2 aromatic heterocycles. The summed E-state index contributed by atoms with van der Waals surface area (Å²) < 4.78 is 0.456. The molecule has 138 valence electrons. The van der Waals surface area contributed by atoms with Gasteiger partial charge >= 0.3 is 5.91 Å². The fourth-order valence-electron chi connectivity index (χ4n) is 3.22. The average molecular weight is 373 g/mol. The van der Waals surface area contributed by atoms with Crippen LogP contribution in [0.3, 0.4) is 0 Å². The highest BCUT2D eigenvalue weighted by Gasteiger charge is 2.30. The zero-order valence-corrected chi connectivity index (χ0v) is 16.0. The molecular formula is C19H23N3O3S. The lowest BCUT2D eigenvalue weighted by Gasteiger charge is -2.33. The number of aryl methyl sites for hydroxylation is 1. The van der Waals surface area contributed by atoms with Crippen molar-refractivity contribution in [2.75, 3.05) is 0 Å². The summed E-state index contributed by atoms with van der Waals surface area (Å²) >= 11 is 1.48. The predicted molar refractivity (Wildman–Crippen MR) is 99.6 cm³/mol. The SMILES string of the molecule is CC(C)(C)[C@@H]1CCc2sc(C(=O)NNC(=O)c3cccc[n+]3[O-])cc2C1. The van der Waals surface area contributed by atoms with Crippen molar-refractivity contribution >= 4 is 23.2 Å². The van der Waals surface area contributed by atoms with Crippen LogP contribution in [0.1, 0.15) is 57.8 Å². The Balaban J connectivity index is 1.64. The van der Waals surface area contributed by atoms with Crippen molar-refractivity contribution in [2.24, 2.45) is 11.3 Å². The highest BCUT2D eigenvalue weighted by Crippen LogP contribution is 2.40. The van der Waals surface area contributed by atoms with Gasteiger partial charge in [-0.2, -0.15) is 4.73 Å². The maximum Gasteiger partial charge on any atom is 0.335 e. The molecule has 0 aromatic carbocycles. The van der Waals surface area contributed by atoms with Gasteiger partial charge in [0.25, 0.3) is 11.6 Å². The summed E-state index contributed by atoms with van der Waals surface area (Å²) in [4.78, 5) is 26.2. The number of fused-ring (bicyclic) bond motifs is 1. The number of nitrogens with zero attached hydrogens (tertiary/aromatic N) is 1. The number of hydrazine groups is 1. The summed E-state index contributed by atoms with van der Waals surface area (Å²) in [7, 11) is 0. The second-order valence-corrected chi connectivity index (χ2v) is 8.82. The number of pyridine rings is 1. The van der Waals surface area contributed by atoms with Crippen LogP contribution >= 0.6 is 11.3 Å². The van der Waals surface area contributed by atoms with E-state index in [2.05, 4.69) is 31.6 Å². The number of aromatic nitrogens is 1. The summed E-state index contributed by atoms with van der Waals surface area (Å²) in [5.74, 6) is -0.410. The Morgan fingerprint density at radius 3 is 2.65 bits per heavy atom. The molecule has 1 aliphatic carbocycles. The summed E-state index contributed by atoms with van der Waals surface area (Å²) in [6.45, 7) is 6.76. The summed E-state index contributed by atoms with van der Waals surface area (Å²) in [6.07, 6.45) is 4.33. The molecule has 1 aliphatic rings. The molecule has 0 aliphatic heterocycles. The Bertz CT molecular complexity index is 839. The van der Waals surface area contributed by atoms with Crippen molar-refractivity contribution in [2.45, 2.75) is 40.0 Å². The Kier molecular flexibility index (Phi) is 5.00. The first kappa shape index (κ1) is 18.4. The number of hydrogen-bond donors (Lipinski definition) is 2. The standard InChI is InChI=1S/C19H23N3O3S/c1-19(2,3)13-7-8-15-12(10-13)11-16(26-15)18(24)21-20-17(23)14-6-4-5-9-22(14)25/h4-6,9,11,13H,7-8,10H2,1-3H3,(H,20,23)(H,21,24)/t13-/m1/s1. The topological polar surface area (TPSA) is 85.1 Å². The summed E-state index contributed by atoms with van der Waals surface area (Å²) in [5, 5.41) is 11.6. The van der Waals surface area contributed by atoms with Crippen LogP contribution in [0.15, 0.2) is 30.5 Å². The minimum Gasteiger partial charge on any atom is -0.618 e. The number of nitrogens with one attached hydrogen (secondary N) is 2. The van der Waals surface area contributed by atoms with E-state index in [1.807, 2.05) is 6.07 Å². The molecule has 3 rings (SSSR count). The van der Waals surface area contributed by atoms with Crippen molar-refractivity contribution in [1.29, 1.82) is 0 Å². The largest absolute Gasteiger partial charge is 0.618 e. The van der Waals surface area contributed by atoms with Crippen LogP contribution in [0.2, 0.25) is 0 Å². The molecule has 0 saturated carbocycles. The molecule has 0 saturated heterocycles. The fraction of sp³-hybridized carbons (Fsp3) is 0.421. The molecule has 0 spiro atoms. The zero-order chi connectivity index (χ0) is 18.9. The second kappa shape index (κ2) is 7.07. The molecule has 2 aromatic rings. The number of rotatable bonds is 2. The van der Waals surface area contributed by atoms with Crippen LogP contribution in [-0.2, 0) is 12.8 Å². The lowest BCUT2D eigenvalue weighted by Crippen LogP contribution is -2.46. The normalized spacial score (nSPS) is 16.7. The Hall–Kier alpha value is -2.41. The van der Waals surface area contributed by atoms with Crippen LogP contribution in [-0.4, -0.2) is 11.8 Å². The van der Waals surface area contributed by atoms with Crippen LogP contribution in [0.25, 0.3) is 0 Å². The number of thiophene rings is 1. The molecular weight excluding hydrogens is 350 g/mol. The van der Waals surface area contributed by atoms with Crippen LogP contribution in [0.5, 0.6) is 0 Å². The lowest BCUT2D eigenvalue weighted by atomic mass is 9.72. The van der Waals surface area contributed by atoms with E-state index in [0.29, 0.717) is 15.5 Å². The van der Waals surface area contributed by atoms with Crippen molar-refractivity contribution in [1.82, 2.24) is 10.9 Å². The van der Waals surface area contributed by atoms with E-state index < -0.39 is 5.91 Å². The first-order valence-electron chi connectivity index (χ1n) is 8.66. The number of carbonyl (C=O) groups excluding carboxylic acids is 2. The summed E-state index contributed by atoms with van der Waals surface area (Å²) in [6, 6.07) is 6.44. The third-order valence-corrected chi connectivity index (χ3v) is 6.11. The van der Waals surface area contributed by atoms with E-state index in [9.17, 15) is 14.8 Å². The van der Waals surface area contributed by atoms with Crippen molar-refractivity contribution in [3.8, 4) is 0 Å². The Labute approximate surface area is 156 Å². The van der Waals surface area contributed by atoms with Crippen molar-refractivity contribution in [3.05, 3.63) is 56.7 Å². The molecule has 6 nitrogen and oxygen atoms in total. The third kappa shape index (κ3) is 3.88. The Morgan fingerprint density at radius 1 is 1.23 bits per heavy atom. The van der Waals surface area contributed by atoms with E-state index >= 15 is 0 Å². The van der Waals surface area contributed by atoms with Crippen LogP contribution < -0.4 is 15.6 Å². The zero-order valence-electron chi connectivity index (χ0n) is 15.2. The Morgan fingerprint density at radius 2 is 1.96 bits per heavy atom. The van der Waals surface area contributed by atoms with Gasteiger partial charge in [-0.1, -0.05) is 20.8 Å². The van der Waals surface area contributed by atoms with E-state index in [0.717, 1.165) is 19.3 Å². The van der Waals surface area contributed by atoms with Gasteiger partial charge < -0.3 is 5.21 Å². The minimum absolute atomic E-state index is 0.0775. The van der Waals surface area contributed by atoms with Gasteiger partial charge in [-0.05, 0) is 48.3 Å². The smallest absolute Gasteiger partial charge is 0.335 e. The van der Waals surface area contributed by atoms with Gasteiger partial charge in [0.15, 0.2) is 6.20 Å². The van der Waals surface area contributed by atoms with Crippen LogP contribution in [0, 0.1) is 16.5 Å².